The van der Waals surface area contributed by atoms with Crippen LogP contribution in [0.4, 0.5) is 11.4 Å². The van der Waals surface area contributed by atoms with Gasteiger partial charge in [-0.25, -0.2) is 4.99 Å². The third-order valence-electron chi connectivity index (χ3n) is 3.09. The number of guanidine groups is 1. The highest BCUT2D eigenvalue weighted by Crippen LogP contribution is 2.17. The Morgan fingerprint density at radius 2 is 1.80 bits per heavy atom. The van der Waals surface area contributed by atoms with Gasteiger partial charge >= 0.3 is 0 Å². The lowest BCUT2D eigenvalue weighted by Gasteiger charge is -2.08. The Balaban J connectivity index is 0.00000312. The summed E-state index contributed by atoms with van der Waals surface area (Å²) in [5, 5.41) is 5.75. The molecule has 134 valence electrons. The second kappa shape index (κ2) is 10.5. The van der Waals surface area contributed by atoms with Gasteiger partial charge in [-0.1, -0.05) is 18.2 Å². The van der Waals surface area contributed by atoms with Gasteiger partial charge in [0.2, 0.25) is 5.91 Å². The van der Waals surface area contributed by atoms with Crippen LogP contribution in [0.2, 0.25) is 0 Å². The second-order valence-electron chi connectivity index (χ2n) is 5.32. The molecular weight excluding hydrogens is 431 g/mol. The number of benzene rings is 2. The van der Waals surface area contributed by atoms with Crippen LogP contribution in [0.5, 0.6) is 5.75 Å². The number of amides is 1. The van der Waals surface area contributed by atoms with E-state index in [-0.39, 0.29) is 29.9 Å². The van der Waals surface area contributed by atoms with E-state index in [0.29, 0.717) is 30.5 Å². The number of aliphatic imine (C=N–C) groups is 1. The van der Waals surface area contributed by atoms with Crippen LogP contribution < -0.4 is 21.1 Å². The average molecular weight is 454 g/mol. The van der Waals surface area contributed by atoms with Gasteiger partial charge in [-0.05, 0) is 36.8 Å². The van der Waals surface area contributed by atoms with Gasteiger partial charge < -0.3 is 21.1 Å². The van der Waals surface area contributed by atoms with Crippen LogP contribution in [0.3, 0.4) is 0 Å². The summed E-state index contributed by atoms with van der Waals surface area (Å²) in [6.07, 6.45) is 0. The molecule has 0 aromatic heterocycles. The monoisotopic (exact) mass is 454 g/mol. The van der Waals surface area contributed by atoms with E-state index >= 15 is 0 Å². The predicted octanol–water partition coefficient (Wildman–Crippen LogP) is 3.38. The average Bonchev–Trinajstić information content (AvgIpc) is 2.51. The summed E-state index contributed by atoms with van der Waals surface area (Å²) in [7, 11) is 0. The standard InChI is InChI=1S/C18H22N4O2.HI/c1-13-5-3-6-15(11-13)22-18(19)20-9-10-24-17-8-4-7-16(12-17)21-14(2)23;/h3-8,11-12H,9-10H2,1-2H3,(H,21,23)(H3,19,20,22);1H. The van der Waals surface area contributed by atoms with E-state index in [0.717, 1.165) is 11.3 Å². The molecule has 0 radical (unpaired) electrons. The third-order valence-corrected chi connectivity index (χ3v) is 3.09. The van der Waals surface area contributed by atoms with E-state index in [1.165, 1.54) is 6.92 Å². The molecule has 0 heterocycles. The highest BCUT2D eigenvalue weighted by molar-refractivity contribution is 14.0. The Morgan fingerprint density at radius 3 is 2.48 bits per heavy atom. The number of carbonyl (C=O) groups is 1. The Hall–Kier alpha value is -2.29. The Morgan fingerprint density at radius 1 is 1.12 bits per heavy atom. The summed E-state index contributed by atoms with van der Waals surface area (Å²) in [6, 6.07) is 15.1. The van der Waals surface area contributed by atoms with Crippen molar-refractivity contribution in [2.24, 2.45) is 10.7 Å². The quantitative estimate of drug-likeness (QED) is 0.270. The van der Waals surface area contributed by atoms with Gasteiger partial charge in [0.15, 0.2) is 5.96 Å². The zero-order chi connectivity index (χ0) is 17.4. The second-order valence-corrected chi connectivity index (χ2v) is 5.32. The van der Waals surface area contributed by atoms with E-state index in [4.69, 9.17) is 10.5 Å². The smallest absolute Gasteiger partial charge is 0.221 e. The number of halogens is 1. The third kappa shape index (κ3) is 7.88. The maximum Gasteiger partial charge on any atom is 0.221 e. The molecule has 2 aromatic carbocycles. The fourth-order valence-corrected chi connectivity index (χ4v) is 2.11. The van der Waals surface area contributed by atoms with E-state index < -0.39 is 0 Å². The summed E-state index contributed by atoms with van der Waals surface area (Å²) in [6.45, 7) is 4.29. The SMILES string of the molecule is CC(=O)Nc1cccc(OCCN=C(N)Nc2cccc(C)c2)c1.I. The maximum atomic E-state index is 11.0. The van der Waals surface area contributed by atoms with Crippen LogP contribution in [-0.4, -0.2) is 25.0 Å². The van der Waals surface area contributed by atoms with Crippen molar-refractivity contribution < 1.29 is 9.53 Å². The van der Waals surface area contributed by atoms with Crippen molar-refractivity contribution in [2.75, 3.05) is 23.8 Å². The number of nitrogens with one attached hydrogen (secondary N) is 2. The minimum atomic E-state index is -0.119. The molecule has 0 bridgehead atoms. The highest BCUT2D eigenvalue weighted by atomic mass is 127. The molecular formula is C18H23IN4O2. The maximum absolute atomic E-state index is 11.0. The lowest BCUT2D eigenvalue weighted by Crippen LogP contribution is -2.23. The lowest BCUT2D eigenvalue weighted by molar-refractivity contribution is -0.114. The van der Waals surface area contributed by atoms with E-state index in [1.54, 1.807) is 12.1 Å². The molecule has 0 aliphatic rings. The molecule has 0 saturated heterocycles. The van der Waals surface area contributed by atoms with Crippen LogP contribution in [0, 0.1) is 6.92 Å². The van der Waals surface area contributed by atoms with E-state index in [2.05, 4.69) is 15.6 Å². The number of nitrogens with two attached hydrogens (primary N) is 1. The van der Waals surface area contributed by atoms with E-state index in [1.807, 2.05) is 43.3 Å². The first kappa shape index (κ1) is 20.8. The largest absolute Gasteiger partial charge is 0.492 e. The van der Waals surface area contributed by atoms with Crippen molar-refractivity contribution in [2.45, 2.75) is 13.8 Å². The molecule has 0 atom stereocenters. The normalized spacial score (nSPS) is 10.6. The Labute approximate surface area is 164 Å². The molecule has 7 heteroatoms. The molecule has 0 fully saturated rings. The van der Waals surface area contributed by atoms with Crippen molar-refractivity contribution in [3.63, 3.8) is 0 Å². The summed E-state index contributed by atoms with van der Waals surface area (Å²) in [4.78, 5) is 15.3. The number of nitrogens with zero attached hydrogens (tertiary/aromatic N) is 1. The predicted molar refractivity (Wildman–Crippen MR) is 113 cm³/mol. The number of hydrogen-bond donors (Lipinski definition) is 3. The summed E-state index contributed by atoms with van der Waals surface area (Å²) >= 11 is 0. The fraction of sp³-hybridized carbons (Fsp3) is 0.222. The molecule has 6 nitrogen and oxygen atoms in total. The number of rotatable bonds is 6. The van der Waals surface area contributed by atoms with Crippen LogP contribution >= 0.6 is 24.0 Å². The molecule has 0 spiro atoms. The first-order chi connectivity index (χ1) is 11.5. The number of anilines is 2. The molecule has 1 amide bonds. The molecule has 0 unspecified atom stereocenters. The topological polar surface area (TPSA) is 88.7 Å². The van der Waals surface area contributed by atoms with Crippen LogP contribution in [0.1, 0.15) is 12.5 Å². The van der Waals surface area contributed by atoms with Gasteiger partial charge in [-0.2, -0.15) is 0 Å². The number of hydrogen-bond acceptors (Lipinski definition) is 3. The van der Waals surface area contributed by atoms with Gasteiger partial charge in [0.25, 0.3) is 0 Å². The van der Waals surface area contributed by atoms with Crippen molar-refractivity contribution in [3.8, 4) is 5.75 Å². The Kier molecular flexibility index (Phi) is 8.76. The van der Waals surface area contributed by atoms with Crippen molar-refractivity contribution >= 4 is 47.2 Å². The van der Waals surface area contributed by atoms with E-state index in [9.17, 15) is 4.79 Å². The minimum absolute atomic E-state index is 0. The molecule has 0 aliphatic heterocycles. The van der Waals surface area contributed by atoms with Gasteiger partial charge in [0.1, 0.15) is 12.4 Å². The van der Waals surface area contributed by atoms with Crippen LogP contribution in [0.25, 0.3) is 0 Å². The van der Waals surface area contributed by atoms with Crippen molar-refractivity contribution in [3.05, 3.63) is 54.1 Å². The van der Waals surface area contributed by atoms with Gasteiger partial charge in [-0.3, -0.25) is 4.79 Å². The molecule has 2 aromatic rings. The first-order valence-corrected chi connectivity index (χ1v) is 7.67. The van der Waals surface area contributed by atoms with Crippen LogP contribution in [0.15, 0.2) is 53.5 Å². The molecule has 2 rings (SSSR count). The van der Waals surface area contributed by atoms with Crippen molar-refractivity contribution in [1.29, 1.82) is 0 Å². The zero-order valence-corrected chi connectivity index (χ0v) is 16.6. The summed E-state index contributed by atoms with van der Waals surface area (Å²) in [5.74, 6) is 0.893. The number of ether oxygens (including phenoxy) is 1. The zero-order valence-electron chi connectivity index (χ0n) is 14.3. The summed E-state index contributed by atoms with van der Waals surface area (Å²) in [5.41, 5.74) is 8.60. The van der Waals surface area contributed by atoms with Crippen LogP contribution in [-0.2, 0) is 4.79 Å². The van der Waals surface area contributed by atoms with Gasteiger partial charge in [-0.15, -0.1) is 24.0 Å². The molecule has 4 N–H and O–H groups in total. The van der Waals surface area contributed by atoms with Crippen molar-refractivity contribution in [1.82, 2.24) is 0 Å². The first-order valence-electron chi connectivity index (χ1n) is 7.67. The van der Waals surface area contributed by atoms with Gasteiger partial charge in [0, 0.05) is 24.4 Å². The lowest BCUT2D eigenvalue weighted by atomic mass is 10.2. The fourth-order valence-electron chi connectivity index (χ4n) is 2.11. The summed E-state index contributed by atoms with van der Waals surface area (Å²) < 4.78 is 5.61. The molecule has 25 heavy (non-hydrogen) atoms. The number of carbonyl (C=O) groups excluding carboxylic acids is 1. The van der Waals surface area contributed by atoms with Gasteiger partial charge in [0.05, 0.1) is 6.54 Å². The molecule has 0 saturated carbocycles. The minimum Gasteiger partial charge on any atom is -0.492 e. The number of aryl methyl sites for hydroxylation is 1. The molecule has 0 aliphatic carbocycles. The highest BCUT2D eigenvalue weighted by Gasteiger charge is 1.99. The Bertz CT molecular complexity index is 735.